The predicted octanol–water partition coefficient (Wildman–Crippen LogP) is 2.68. The quantitative estimate of drug-likeness (QED) is 0.605. The predicted molar refractivity (Wildman–Crippen MR) is 66.3 cm³/mol. The normalized spacial score (nSPS) is 22.3. The van der Waals surface area contributed by atoms with Crippen LogP contribution in [0.4, 0.5) is 0 Å². The standard InChI is InChI=1S/C14H20O3/c1-16-13-5-3-4-10-6-7-11(14(15)17-2)9-12(13)8-10/h4,9,14-15H,3,5-8H2,1-2H3. The van der Waals surface area contributed by atoms with Crippen molar-refractivity contribution in [3.63, 3.8) is 0 Å². The van der Waals surface area contributed by atoms with E-state index in [0.29, 0.717) is 0 Å². The van der Waals surface area contributed by atoms with Crippen LogP contribution in [0.5, 0.6) is 0 Å². The second kappa shape index (κ2) is 5.52. The molecule has 17 heavy (non-hydrogen) atoms. The van der Waals surface area contributed by atoms with Crippen LogP contribution in [-0.2, 0) is 9.47 Å². The summed E-state index contributed by atoms with van der Waals surface area (Å²) in [6.45, 7) is 0. The first kappa shape index (κ1) is 12.4. The Morgan fingerprint density at radius 3 is 2.76 bits per heavy atom. The fraction of sp³-hybridized carbons (Fsp3) is 0.571. The molecule has 0 aromatic heterocycles. The number of hydrogen-bond donors (Lipinski definition) is 1. The molecule has 3 heteroatoms. The first-order valence-electron chi connectivity index (χ1n) is 6.10. The topological polar surface area (TPSA) is 38.7 Å². The number of aliphatic hydroxyl groups is 1. The minimum atomic E-state index is -0.790. The molecule has 0 heterocycles. The van der Waals surface area contributed by atoms with E-state index in [1.54, 1.807) is 7.11 Å². The highest BCUT2D eigenvalue weighted by atomic mass is 16.6. The highest BCUT2D eigenvalue weighted by Crippen LogP contribution is 2.33. The molecule has 0 saturated heterocycles. The van der Waals surface area contributed by atoms with Crippen molar-refractivity contribution in [1.82, 2.24) is 0 Å². The van der Waals surface area contributed by atoms with Gasteiger partial charge in [0.2, 0.25) is 0 Å². The molecule has 3 nitrogen and oxygen atoms in total. The van der Waals surface area contributed by atoms with E-state index < -0.39 is 6.29 Å². The lowest BCUT2D eigenvalue weighted by Crippen LogP contribution is -2.12. The largest absolute Gasteiger partial charge is 0.501 e. The Labute approximate surface area is 102 Å². The summed E-state index contributed by atoms with van der Waals surface area (Å²) < 4.78 is 10.5. The summed E-state index contributed by atoms with van der Waals surface area (Å²) in [6, 6.07) is 0. The smallest absolute Gasteiger partial charge is 0.177 e. The van der Waals surface area contributed by atoms with Crippen LogP contribution in [0, 0.1) is 0 Å². The van der Waals surface area contributed by atoms with E-state index in [9.17, 15) is 5.11 Å². The van der Waals surface area contributed by atoms with Gasteiger partial charge in [0.15, 0.2) is 6.29 Å². The van der Waals surface area contributed by atoms with Crippen LogP contribution in [0.25, 0.3) is 0 Å². The Kier molecular flexibility index (Phi) is 4.02. The molecule has 2 bridgehead atoms. The number of hydrogen-bond acceptors (Lipinski definition) is 3. The molecular formula is C14H20O3. The maximum Gasteiger partial charge on any atom is 0.177 e. The van der Waals surface area contributed by atoms with Crippen LogP contribution in [-0.4, -0.2) is 25.6 Å². The van der Waals surface area contributed by atoms with Gasteiger partial charge in [0.1, 0.15) is 0 Å². The van der Waals surface area contributed by atoms with Crippen LogP contribution in [0.15, 0.2) is 34.6 Å². The van der Waals surface area contributed by atoms with E-state index in [0.717, 1.165) is 43.4 Å². The SMILES string of the molecule is COC1=C2C=C(C(O)OC)CCC(=CCC1)C2. The van der Waals surface area contributed by atoms with Crippen LogP contribution >= 0.6 is 0 Å². The Morgan fingerprint density at radius 1 is 1.24 bits per heavy atom. The van der Waals surface area contributed by atoms with E-state index in [-0.39, 0.29) is 0 Å². The molecule has 1 atom stereocenters. The summed E-state index contributed by atoms with van der Waals surface area (Å²) >= 11 is 0. The molecule has 0 aromatic rings. The number of fused-ring (bicyclic) bond motifs is 2. The first-order chi connectivity index (χ1) is 8.24. The van der Waals surface area contributed by atoms with E-state index in [1.165, 1.54) is 18.3 Å². The molecule has 0 saturated carbocycles. The van der Waals surface area contributed by atoms with Gasteiger partial charge in [-0.25, -0.2) is 0 Å². The molecule has 0 aromatic carbocycles. The van der Waals surface area contributed by atoms with E-state index in [1.807, 2.05) is 0 Å². The Hall–Kier alpha value is -1.06. The van der Waals surface area contributed by atoms with E-state index in [4.69, 9.17) is 9.47 Å². The zero-order valence-electron chi connectivity index (χ0n) is 10.5. The van der Waals surface area contributed by atoms with Crippen molar-refractivity contribution in [3.05, 3.63) is 34.6 Å². The average molecular weight is 236 g/mol. The molecule has 0 amide bonds. The van der Waals surface area contributed by atoms with Crippen molar-refractivity contribution in [2.75, 3.05) is 14.2 Å². The summed E-state index contributed by atoms with van der Waals surface area (Å²) in [7, 11) is 3.25. The number of methoxy groups -OCH3 is 2. The summed E-state index contributed by atoms with van der Waals surface area (Å²) in [5.74, 6) is 1.04. The highest BCUT2D eigenvalue weighted by molar-refractivity contribution is 5.36. The second-order valence-electron chi connectivity index (χ2n) is 4.54. The zero-order chi connectivity index (χ0) is 12.3. The average Bonchev–Trinajstić information content (AvgIpc) is 2.68. The van der Waals surface area contributed by atoms with Crippen molar-refractivity contribution in [3.8, 4) is 0 Å². The molecule has 94 valence electrons. The second-order valence-corrected chi connectivity index (χ2v) is 4.54. The Bertz CT molecular complexity index is 377. The third-order valence-corrected chi connectivity index (χ3v) is 3.46. The molecular weight excluding hydrogens is 216 g/mol. The van der Waals surface area contributed by atoms with Gasteiger partial charge in [-0.05, 0) is 36.8 Å². The van der Waals surface area contributed by atoms with E-state index in [2.05, 4.69) is 12.2 Å². The Balaban J connectivity index is 2.34. The summed E-state index contributed by atoms with van der Waals surface area (Å²) in [5.41, 5.74) is 3.59. The fourth-order valence-electron chi connectivity index (χ4n) is 2.49. The molecule has 2 aliphatic carbocycles. The molecule has 0 aliphatic heterocycles. The first-order valence-corrected chi connectivity index (χ1v) is 6.10. The van der Waals surface area contributed by atoms with Crippen LogP contribution in [0.2, 0.25) is 0 Å². The third kappa shape index (κ3) is 2.79. The van der Waals surface area contributed by atoms with Crippen molar-refractivity contribution in [1.29, 1.82) is 0 Å². The molecule has 1 N–H and O–H groups in total. The van der Waals surface area contributed by atoms with Gasteiger partial charge in [0.05, 0.1) is 12.9 Å². The minimum Gasteiger partial charge on any atom is -0.501 e. The van der Waals surface area contributed by atoms with Gasteiger partial charge >= 0.3 is 0 Å². The molecule has 0 radical (unpaired) electrons. The Morgan fingerprint density at radius 2 is 2.06 bits per heavy atom. The molecule has 0 fully saturated rings. The van der Waals surface area contributed by atoms with Crippen LogP contribution in [0.3, 0.4) is 0 Å². The number of allylic oxidation sites excluding steroid dienone is 5. The van der Waals surface area contributed by atoms with Gasteiger partial charge in [-0.2, -0.15) is 0 Å². The lowest BCUT2D eigenvalue weighted by molar-refractivity contribution is -0.0466. The van der Waals surface area contributed by atoms with Gasteiger partial charge in [0.25, 0.3) is 0 Å². The van der Waals surface area contributed by atoms with Crippen molar-refractivity contribution in [2.45, 2.75) is 38.4 Å². The number of ether oxygens (including phenoxy) is 2. The third-order valence-electron chi connectivity index (χ3n) is 3.46. The highest BCUT2D eigenvalue weighted by Gasteiger charge is 2.20. The lowest BCUT2D eigenvalue weighted by atomic mass is 10.0. The van der Waals surface area contributed by atoms with Crippen LogP contribution < -0.4 is 0 Å². The fourth-order valence-corrected chi connectivity index (χ4v) is 2.49. The van der Waals surface area contributed by atoms with Gasteiger partial charge in [-0.1, -0.05) is 17.7 Å². The zero-order valence-corrected chi connectivity index (χ0v) is 10.5. The summed E-state index contributed by atoms with van der Waals surface area (Å²) in [4.78, 5) is 0. The van der Waals surface area contributed by atoms with Crippen molar-refractivity contribution < 1.29 is 14.6 Å². The summed E-state index contributed by atoms with van der Waals surface area (Å²) in [5, 5.41) is 9.78. The van der Waals surface area contributed by atoms with Crippen LogP contribution in [0.1, 0.15) is 32.1 Å². The van der Waals surface area contributed by atoms with E-state index >= 15 is 0 Å². The molecule has 0 spiro atoms. The van der Waals surface area contributed by atoms with Crippen molar-refractivity contribution >= 4 is 0 Å². The molecule has 2 rings (SSSR count). The molecule has 2 aliphatic rings. The number of aliphatic hydroxyl groups excluding tert-OH is 1. The monoisotopic (exact) mass is 236 g/mol. The molecule has 1 unspecified atom stereocenters. The van der Waals surface area contributed by atoms with Crippen molar-refractivity contribution in [2.24, 2.45) is 0 Å². The minimum absolute atomic E-state index is 0.790. The van der Waals surface area contributed by atoms with Gasteiger partial charge in [-0.3, -0.25) is 0 Å². The maximum atomic E-state index is 9.78. The number of rotatable bonds is 3. The lowest BCUT2D eigenvalue weighted by Gasteiger charge is -2.13. The van der Waals surface area contributed by atoms with Gasteiger partial charge < -0.3 is 14.6 Å². The van der Waals surface area contributed by atoms with Gasteiger partial charge in [-0.15, -0.1) is 0 Å². The maximum absolute atomic E-state index is 9.78. The van der Waals surface area contributed by atoms with Gasteiger partial charge in [0, 0.05) is 13.5 Å². The summed E-state index contributed by atoms with van der Waals surface area (Å²) in [6.07, 6.45) is 8.39.